The van der Waals surface area contributed by atoms with Crippen molar-refractivity contribution >= 4 is 17.6 Å². The Labute approximate surface area is 98.3 Å². The summed E-state index contributed by atoms with van der Waals surface area (Å²) in [5.41, 5.74) is 0.272. The first-order valence-corrected chi connectivity index (χ1v) is 4.95. The fourth-order valence-corrected chi connectivity index (χ4v) is 1.29. The lowest BCUT2D eigenvalue weighted by molar-refractivity contribution is -0.141. The maximum atomic E-state index is 10.8. The molecule has 4 nitrogen and oxygen atoms in total. The SMILES string of the molecule is COC(=O)CCOc1cccc(Cl)c1C#N. The van der Waals surface area contributed by atoms with Gasteiger partial charge in [-0.15, -0.1) is 0 Å². The zero-order valence-electron chi connectivity index (χ0n) is 8.70. The van der Waals surface area contributed by atoms with Crippen LogP contribution in [0.1, 0.15) is 12.0 Å². The largest absolute Gasteiger partial charge is 0.492 e. The van der Waals surface area contributed by atoms with Gasteiger partial charge in [-0.1, -0.05) is 17.7 Å². The van der Waals surface area contributed by atoms with E-state index >= 15 is 0 Å². The van der Waals surface area contributed by atoms with E-state index in [-0.39, 0.29) is 24.6 Å². The maximum absolute atomic E-state index is 10.8. The number of rotatable bonds is 4. The molecule has 16 heavy (non-hydrogen) atoms. The normalized spacial score (nSPS) is 9.31. The molecule has 84 valence electrons. The summed E-state index contributed by atoms with van der Waals surface area (Å²) in [5.74, 6) is 0.0134. The fourth-order valence-electron chi connectivity index (χ4n) is 1.08. The van der Waals surface area contributed by atoms with E-state index in [9.17, 15) is 4.79 Å². The van der Waals surface area contributed by atoms with Crippen LogP contribution in [0.4, 0.5) is 0 Å². The van der Waals surface area contributed by atoms with E-state index in [1.165, 1.54) is 7.11 Å². The number of nitrogens with zero attached hydrogens (tertiary/aromatic N) is 1. The molecule has 0 N–H and O–H groups in total. The van der Waals surface area contributed by atoms with Gasteiger partial charge in [0.1, 0.15) is 17.4 Å². The van der Waals surface area contributed by atoms with E-state index in [0.29, 0.717) is 10.8 Å². The van der Waals surface area contributed by atoms with Crippen molar-refractivity contribution in [2.45, 2.75) is 6.42 Å². The van der Waals surface area contributed by atoms with Gasteiger partial charge in [-0.2, -0.15) is 5.26 Å². The Morgan fingerprint density at radius 1 is 1.56 bits per heavy atom. The van der Waals surface area contributed by atoms with Crippen LogP contribution in [-0.4, -0.2) is 19.7 Å². The summed E-state index contributed by atoms with van der Waals surface area (Å²) in [7, 11) is 1.31. The molecular weight excluding hydrogens is 230 g/mol. The number of hydrogen-bond acceptors (Lipinski definition) is 4. The van der Waals surface area contributed by atoms with Crippen LogP contribution in [0.15, 0.2) is 18.2 Å². The van der Waals surface area contributed by atoms with Gasteiger partial charge in [0.2, 0.25) is 0 Å². The van der Waals surface area contributed by atoms with E-state index in [0.717, 1.165) is 0 Å². The Morgan fingerprint density at radius 3 is 2.94 bits per heavy atom. The van der Waals surface area contributed by atoms with Crippen LogP contribution in [0.2, 0.25) is 5.02 Å². The minimum atomic E-state index is -0.361. The van der Waals surface area contributed by atoms with Crippen molar-refractivity contribution in [1.29, 1.82) is 5.26 Å². The maximum Gasteiger partial charge on any atom is 0.308 e. The predicted molar refractivity (Wildman–Crippen MR) is 58.3 cm³/mol. The number of halogens is 1. The second-order valence-electron chi connectivity index (χ2n) is 2.90. The molecule has 0 unspecified atom stereocenters. The van der Waals surface area contributed by atoms with Gasteiger partial charge >= 0.3 is 5.97 Å². The molecule has 0 atom stereocenters. The molecule has 0 bridgehead atoms. The topological polar surface area (TPSA) is 59.3 Å². The highest BCUT2D eigenvalue weighted by Crippen LogP contribution is 2.25. The third kappa shape index (κ3) is 3.14. The second kappa shape index (κ2) is 5.99. The molecule has 0 heterocycles. The van der Waals surface area contributed by atoms with Gasteiger partial charge in [-0.3, -0.25) is 4.79 Å². The third-order valence-corrected chi connectivity index (χ3v) is 2.19. The molecule has 5 heteroatoms. The van der Waals surface area contributed by atoms with Crippen molar-refractivity contribution in [3.05, 3.63) is 28.8 Å². The van der Waals surface area contributed by atoms with Crippen LogP contribution in [0.5, 0.6) is 5.75 Å². The first-order chi connectivity index (χ1) is 7.69. The van der Waals surface area contributed by atoms with Crippen LogP contribution in [0.25, 0.3) is 0 Å². The van der Waals surface area contributed by atoms with Crippen LogP contribution in [0.3, 0.4) is 0 Å². The fraction of sp³-hybridized carbons (Fsp3) is 0.273. The Bertz CT molecular complexity index is 426. The molecule has 0 aliphatic heterocycles. The van der Waals surface area contributed by atoms with Crippen molar-refractivity contribution in [3.8, 4) is 11.8 Å². The van der Waals surface area contributed by atoms with Crippen LogP contribution in [-0.2, 0) is 9.53 Å². The van der Waals surface area contributed by atoms with E-state index < -0.39 is 0 Å². The van der Waals surface area contributed by atoms with Crippen molar-refractivity contribution in [3.63, 3.8) is 0 Å². The van der Waals surface area contributed by atoms with Gasteiger partial charge < -0.3 is 9.47 Å². The Hall–Kier alpha value is -1.73. The summed E-state index contributed by atoms with van der Waals surface area (Å²) >= 11 is 5.80. The van der Waals surface area contributed by atoms with Crippen molar-refractivity contribution in [1.82, 2.24) is 0 Å². The number of esters is 1. The van der Waals surface area contributed by atoms with Crippen molar-refractivity contribution in [2.75, 3.05) is 13.7 Å². The van der Waals surface area contributed by atoms with Crippen molar-refractivity contribution < 1.29 is 14.3 Å². The highest BCUT2D eigenvalue weighted by atomic mass is 35.5. The third-order valence-electron chi connectivity index (χ3n) is 1.88. The second-order valence-corrected chi connectivity index (χ2v) is 3.31. The highest BCUT2D eigenvalue weighted by molar-refractivity contribution is 6.31. The van der Waals surface area contributed by atoms with Gasteiger partial charge in [0.05, 0.1) is 25.2 Å². The lowest BCUT2D eigenvalue weighted by Crippen LogP contribution is -2.08. The standard InChI is InChI=1S/C11H10ClNO3/c1-15-11(14)5-6-16-10-4-2-3-9(12)8(10)7-13/h2-4H,5-6H2,1H3. The zero-order chi connectivity index (χ0) is 12.0. The lowest BCUT2D eigenvalue weighted by atomic mass is 10.2. The monoisotopic (exact) mass is 239 g/mol. The summed E-state index contributed by atoms with van der Waals surface area (Å²) < 4.78 is 9.73. The summed E-state index contributed by atoms with van der Waals surface area (Å²) in [4.78, 5) is 10.8. The first kappa shape index (κ1) is 12.3. The van der Waals surface area contributed by atoms with E-state index in [1.54, 1.807) is 18.2 Å². The van der Waals surface area contributed by atoms with E-state index in [2.05, 4.69) is 4.74 Å². The number of nitriles is 1. The molecule has 1 aromatic rings. The zero-order valence-corrected chi connectivity index (χ0v) is 9.45. The van der Waals surface area contributed by atoms with Crippen LogP contribution in [0, 0.1) is 11.3 Å². The number of ether oxygens (including phenoxy) is 2. The highest BCUT2D eigenvalue weighted by Gasteiger charge is 2.08. The molecule has 0 radical (unpaired) electrons. The number of hydrogen-bond donors (Lipinski definition) is 0. The Morgan fingerprint density at radius 2 is 2.31 bits per heavy atom. The number of carbonyl (C=O) groups is 1. The summed E-state index contributed by atoms with van der Waals surface area (Å²) in [6.07, 6.45) is 0.133. The summed E-state index contributed by atoms with van der Waals surface area (Å²) in [6.45, 7) is 0.154. The molecule has 0 aliphatic rings. The molecule has 1 aromatic carbocycles. The minimum absolute atomic E-state index is 0.133. The number of carbonyl (C=O) groups excluding carboxylic acids is 1. The molecule has 0 amide bonds. The van der Waals surface area contributed by atoms with E-state index in [4.69, 9.17) is 21.6 Å². The molecule has 0 fully saturated rings. The number of benzene rings is 1. The van der Waals surface area contributed by atoms with Gasteiger partial charge in [0.25, 0.3) is 0 Å². The van der Waals surface area contributed by atoms with Crippen LogP contribution < -0.4 is 4.74 Å². The summed E-state index contributed by atoms with van der Waals surface area (Å²) in [6, 6.07) is 6.85. The van der Waals surface area contributed by atoms with Gasteiger partial charge in [-0.05, 0) is 12.1 Å². The average molecular weight is 240 g/mol. The Kier molecular flexibility index (Phi) is 4.62. The molecule has 0 spiro atoms. The quantitative estimate of drug-likeness (QED) is 0.756. The molecule has 0 aliphatic carbocycles. The van der Waals surface area contributed by atoms with E-state index in [1.807, 2.05) is 6.07 Å². The molecule has 1 rings (SSSR count). The smallest absolute Gasteiger partial charge is 0.308 e. The van der Waals surface area contributed by atoms with Gasteiger partial charge in [0, 0.05) is 0 Å². The molecule has 0 saturated carbocycles. The van der Waals surface area contributed by atoms with Gasteiger partial charge in [0.15, 0.2) is 0 Å². The molecule has 0 aromatic heterocycles. The average Bonchev–Trinajstić information content (AvgIpc) is 2.29. The molecule has 0 saturated heterocycles. The predicted octanol–water partition coefficient (Wildman–Crippen LogP) is 2.15. The molecular formula is C11H10ClNO3. The lowest BCUT2D eigenvalue weighted by Gasteiger charge is -2.07. The van der Waals surface area contributed by atoms with Crippen LogP contribution >= 0.6 is 11.6 Å². The Balaban J connectivity index is 2.64. The minimum Gasteiger partial charge on any atom is -0.492 e. The van der Waals surface area contributed by atoms with Crippen molar-refractivity contribution in [2.24, 2.45) is 0 Å². The van der Waals surface area contributed by atoms with Gasteiger partial charge in [-0.25, -0.2) is 0 Å². The number of methoxy groups -OCH3 is 1. The first-order valence-electron chi connectivity index (χ1n) is 4.57. The summed E-state index contributed by atoms with van der Waals surface area (Å²) in [5, 5.41) is 9.18.